The van der Waals surface area contributed by atoms with Crippen LogP contribution in [0.2, 0.25) is 0 Å². The Balaban J connectivity index is 2.03. The number of aliphatic carboxylic acids is 1. The predicted octanol–water partition coefficient (Wildman–Crippen LogP) is 0.733. The number of carbonyl (C=O) groups excluding carboxylic acids is 1. The van der Waals surface area contributed by atoms with Gasteiger partial charge in [-0.25, -0.2) is 0 Å². The summed E-state index contributed by atoms with van der Waals surface area (Å²) in [5.74, 6) is -0.286. The number of carboxylic acids is 1. The molecule has 138 valence electrons. The third-order valence-corrected chi connectivity index (χ3v) is 4.33. The summed E-state index contributed by atoms with van der Waals surface area (Å²) in [6.45, 7) is 2.84. The van der Waals surface area contributed by atoms with Gasteiger partial charge < -0.3 is 24.8 Å². The monoisotopic (exact) mass is 351 g/mol. The first-order chi connectivity index (χ1) is 11.9. The maximum atomic E-state index is 12.4. The molecule has 0 radical (unpaired) electrons. The highest BCUT2D eigenvalue weighted by atomic mass is 16.5. The van der Waals surface area contributed by atoms with Crippen LogP contribution < -0.4 is 14.8 Å². The SMILES string of the molecule is COc1ccc(NC(=O)CC(C(=O)O)N2CCN(C)CC2)c(OC)c1. The van der Waals surface area contributed by atoms with Crippen LogP contribution in [0.4, 0.5) is 5.69 Å². The minimum Gasteiger partial charge on any atom is -0.497 e. The molecule has 8 heteroatoms. The van der Waals surface area contributed by atoms with Gasteiger partial charge in [0, 0.05) is 32.2 Å². The number of carbonyl (C=O) groups is 2. The second kappa shape index (κ2) is 8.68. The van der Waals surface area contributed by atoms with E-state index in [-0.39, 0.29) is 12.3 Å². The lowest BCUT2D eigenvalue weighted by molar-refractivity contribution is -0.145. The maximum absolute atomic E-state index is 12.4. The van der Waals surface area contributed by atoms with Crippen LogP contribution in [-0.4, -0.2) is 80.3 Å². The summed E-state index contributed by atoms with van der Waals surface area (Å²) >= 11 is 0. The van der Waals surface area contributed by atoms with E-state index in [2.05, 4.69) is 10.2 Å². The minimum absolute atomic E-state index is 0.117. The highest BCUT2D eigenvalue weighted by Crippen LogP contribution is 2.29. The van der Waals surface area contributed by atoms with E-state index < -0.39 is 12.0 Å². The van der Waals surface area contributed by atoms with E-state index in [1.165, 1.54) is 7.11 Å². The molecule has 0 saturated carbocycles. The standard InChI is InChI=1S/C17H25N3O5/c1-19-6-8-20(9-7-19)14(17(22)23)11-16(21)18-13-5-4-12(24-2)10-15(13)25-3/h4-5,10,14H,6-9,11H2,1-3H3,(H,18,21)(H,22,23). The topological polar surface area (TPSA) is 91.3 Å². The molecule has 25 heavy (non-hydrogen) atoms. The first kappa shape index (κ1) is 19.0. The van der Waals surface area contributed by atoms with E-state index in [1.807, 2.05) is 11.9 Å². The van der Waals surface area contributed by atoms with Gasteiger partial charge in [-0.1, -0.05) is 0 Å². The van der Waals surface area contributed by atoms with Crippen molar-refractivity contribution in [2.45, 2.75) is 12.5 Å². The summed E-state index contributed by atoms with van der Waals surface area (Å²) in [6, 6.07) is 4.19. The quantitative estimate of drug-likeness (QED) is 0.748. The van der Waals surface area contributed by atoms with Gasteiger partial charge in [-0.2, -0.15) is 0 Å². The average molecular weight is 351 g/mol. The van der Waals surface area contributed by atoms with Crippen LogP contribution in [-0.2, 0) is 9.59 Å². The van der Waals surface area contributed by atoms with Crippen LogP contribution >= 0.6 is 0 Å². The van der Waals surface area contributed by atoms with Gasteiger partial charge in [-0.05, 0) is 19.2 Å². The number of likely N-dealkylation sites (N-methyl/N-ethyl adjacent to an activating group) is 1. The van der Waals surface area contributed by atoms with E-state index >= 15 is 0 Å². The highest BCUT2D eigenvalue weighted by Gasteiger charge is 2.30. The molecule has 1 amide bonds. The fourth-order valence-corrected chi connectivity index (χ4v) is 2.78. The number of nitrogens with one attached hydrogen (secondary N) is 1. The molecule has 1 fully saturated rings. The first-order valence-corrected chi connectivity index (χ1v) is 8.12. The van der Waals surface area contributed by atoms with Crippen molar-refractivity contribution < 1.29 is 24.2 Å². The number of benzene rings is 1. The van der Waals surface area contributed by atoms with Crippen LogP contribution in [0.3, 0.4) is 0 Å². The number of hydrogen-bond acceptors (Lipinski definition) is 6. The minimum atomic E-state index is -0.985. The molecule has 2 rings (SSSR count). The zero-order valence-electron chi connectivity index (χ0n) is 14.8. The Labute approximate surface area is 147 Å². The van der Waals surface area contributed by atoms with Crippen LogP contribution in [0.5, 0.6) is 11.5 Å². The number of methoxy groups -OCH3 is 2. The number of amides is 1. The molecular formula is C17H25N3O5. The molecule has 0 bridgehead atoms. The number of anilines is 1. The lowest BCUT2D eigenvalue weighted by Gasteiger charge is -2.35. The molecular weight excluding hydrogens is 326 g/mol. The van der Waals surface area contributed by atoms with E-state index in [0.717, 1.165) is 13.1 Å². The second-order valence-electron chi connectivity index (χ2n) is 6.01. The van der Waals surface area contributed by atoms with Crippen LogP contribution in [0.15, 0.2) is 18.2 Å². The number of piperazine rings is 1. The van der Waals surface area contributed by atoms with Crippen molar-refractivity contribution in [2.24, 2.45) is 0 Å². The number of ether oxygens (including phenoxy) is 2. The highest BCUT2D eigenvalue weighted by molar-refractivity contribution is 5.95. The molecule has 1 aromatic rings. The van der Waals surface area contributed by atoms with Gasteiger partial charge in [0.25, 0.3) is 0 Å². The van der Waals surface area contributed by atoms with Gasteiger partial charge in [0.2, 0.25) is 5.91 Å². The van der Waals surface area contributed by atoms with Crippen LogP contribution in [0.25, 0.3) is 0 Å². The molecule has 0 spiro atoms. The molecule has 8 nitrogen and oxygen atoms in total. The third kappa shape index (κ3) is 5.07. The molecule has 2 N–H and O–H groups in total. The summed E-state index contributed by atoms with van der Waals surface area (Å²) in [7, 11) is 5.03. The van der Waals surface area contributed by atoms with Crippen molar-refractivity contribution in [3.05, 3.63) is 18.2 Å². The Kier molecular flexibility index (Phi) is 6.60. The molecule has 1 aliphatic rings. The lowest BCUT2D eigenvalue weighted by Crippen LogP contribution is -2.52. The Bertz CT molecular complexity index is 614. The molecule has 1 unspecified atom stereocenters. The summed E-state index contributed by atoms with van der Waals surface area (Å²) in [6.07, 6.45) is -0.117. The molecule has 1 aliphatic heterocycles. The van der Waals surface area contributed by atoms with E-state index in [0.29, 0.717) is 30.3 Å². The number of nitrogens with zero attached hydrogens (tertiary/aromatic N) is 2. The van der Waals surface area contributed by atoms with Crippen molar-refractivity contribution in [2.75, 3.05) is 52.8 Å². The van der Waals surface area contributed by atoms with Gasteiger partial charge in [0.15, 0.2) is 0 Å². The smallest absolute Gasteiger partial charge is 0.321 e. The van der Waals surface area contributed by atoms with E-state index in [9.17, 15) is 14.7 Å². The third-order valence-electron chi connectivity index (χ3n) is 4.33. The number of carboxylic acid groups (broad SMARTS) is 1. The fourth-order valence-electron chi connectivity index (χ4n) is 2.78. The molecule has 1 heterocycles. The van der Waals surface area contributed by atoms with Crippen molar-refractivity contribution >= 4 is 17.6 Å². The van der Waals surface area contributed by atoms with Crippen molar-refractivity contribution in [1.29, 1.82) is 0 Å². The lowest BCUT2D eigenvalue weighted by atomic mass is 10.1. The average Bonchev–Trinajstić information content (AvgIpc) is 2.60. The molecule has 0 aromatic heterocycles. The first-order valence-electron chi connectivity index (χ1n) is 8.12. The zero-order chi connectivity index (χ0) is 18.4. The van der Waals surface area contributed by atoms with Crippen molar-refractivity contribution in [3.8, 4) is 11.5 Å². The zero-order valence-corrected chi connectivity index (χ0v) is 14.8. The molecule has 0 aliphatic carbocycles. The van der Waals surface area contributed by atoms with Crippen molar-refractivity contribution in [3.63, 3.8) is 0 Å². The fraction of sp³-hybridized carbons (Fsp3) is 0.529. The van der Waals surface area contributed by atoms with Gasteiger partial charge in [-0.15, -0.1) is 0 Å². The van der Waals surface area contributed by atoms with Gasteiger partial charge in [0.05, 0.1) is 26.3 Å². The Hall–Kier alpha value is -2.32. The van der Waals surface area contributed by atoms with E-state index in [1.54, 1.807) is 25.3 Å². The van der Waals surface area contributed by atoms with Crippen molar-refractivity contribution in [1.82, 2.24) is 9.80 Å². The Morgan fingerprint density at radius 1 is 1.20 bits per heavy atom. The van der Waals surface area contributed by atoms with E-state index in [4.69, 9.17) is 9.47 Å². The Morgan fingerprint density at radius 2 is 1.88 bits per heavy atom. The van der Waals surface area contributed by atoms with Crippen LogP contribution in [0.1, 0.15) is 6.42 Å². The summed E-state index contributed by atoms with van der Waals surface area (Å²) in [5.41, 5.74) is 0.482. The number of rotatable bonds is 7. The van der Waals surface area contributed by atoms with Crippen LogP contribution in [0, 0.1) is 0 Å². The maximum Gasteiger partial charge on any atom is 0.321 e. The largest absolute Gasteiger partial charge is 0.497 e. The second-order valence-corrected chi connectivity index (χ2v) is 6.01. The molecule has 1 saturated heterocycles. The van der Waals surface area contributed by atoms with Gasteiger partial charge >= 0.3 is 5.97 Å². The normalized spacial score (nSPS) is 16.9. The number of hydrogen-bond donors (Lipinski definition) is 2. The summed E-state index contributed by atoms with van der Waals surface area (Å²) < 4.78 is 10.4. The van der Waals surface area contributed by atoms with Gasteiger partial charge in [0.1, 0.15) is 17.5 Å². The predicted molar refractivity (Wildman–Crippen MR) is 93.3 cm³/mol. The Morgan fingerprint density at radius 3 is 2.44 bits per heavy atom. The van der Waals surface area contributed by atoms with Gasteiger partial charge in [-0.3, -0.25) is 14.5 Å². The summed E-state index contributed by atoms with van der Waals surface area (Å²) in [4.78, 5) is 27.9. The molecule has 1 atom stereocenters. The molecule has 1 aromatic carbocycles. The summed E-state index contributed by atoms with van der Waals surface area (Å²) in [5, 5.41) is 12.2.